The van der Waals surface area contributed by atoms with Gasteiger partial charge in [-0.25, -0.2) is 14.2 Å². The maximum Gasteiger partial charge on any atom is 0.323 e. The van der Waals surface area contributed by atoms with Gasteiger partial charge in [-0.3, -0.25) is 5.32 Å². The van der Waals surface area contributed by atoms with E-state index in [-0.39, 0.29) is 11.8 Å². The molecule has 1 N–H and O–H groups in total. The van der Waals surface area contributed by atoms with Crippen LogP contribution in [0.1, 0.15) is 32.1 Å². The zero-order chi connectivity index (χ0) is 15.8. The number of fused-ring (bicyclic) bond motifs is 2. The summed E-state index contributed by atoms with van der Waals surface area (Å²) in [5.41, 5.74) is 0.720. The Morgan fingerprint density at radius 3 is 2.96 bits per heavy atom. The molecule has 1 aliphatic carbocycles. The normalized spacial score (nSPS) is 24.5. The van der Waals surface area contributed by atoms with E-state index in [9.17, 15) is 9.18 Å². The summed E-state index contributed by atoms with van der Waals surface area (Å²) >= 11 is 1.32. The summed E-state index contributed by atoms with van der Waals surface area (Å²) in [5.74, 6) is 1.18. The highest BCUT2D eigenvalue weighted by Crippen LogP contribution is 2.36. The van der Waals surface area contributed by atoms with Crippen LogP contribution in [0.3, 0.4) is 0 Å². The third kappa shape index (κ3) is 3.04. The molecule has 0 bridgehead atoms. The van der Waals surface area contributed by atoms with Crippen LogP contribution >= 0.6 is 11.3 Å². The van der Waals surface area contributed by atoms with E-state index in [4.69, 9.17) is 0 Å². The lowest BCUT2D eigenvalue weighted by Crippen LogP contribution is -2.46. The van der Waals surface area contributed by atoms with Gasteiger partial charge >= 0.3 is 6.03 Å². The Morgan fingerprint density at radius 1 is 1.26 bits per heavy atom. The lowest BCUT2D eigenvalue weighted by atomic mass is 9.75. The maximum absolute atomic E-state index is 13.2. The number of hydrogen-bond acceptors (Lipinski definition) is 3. The van der Waals surface area contributed by atoms with Gasteiger partial charge in [-0.05, 0) is 42.9 Å². The van der Waals surface area contributed by atoms with Crippen molar-refractivity contribution >= 4 is 32.7 Å². The van der Waals surface area contributed by atoms with Crippen LogP contribution in [0.15, 0.2) is 18.2 Å². The molecule has 4 nitrogen and oxygen atoms in total. The maximum atomic E-state index is 13.2. The molecule has 1 saturated carbocycles. The summed E-state index contributed by atoms with van der Waals surface area (Å²) in [7, 11) is 0. The Kier molecular flexibility index (Phi) is 3.93. The molecule has 2 fully saturated rings. The van der Waals surface area contributed by atoms with Gasteiger partial charge in [0.05, 0.1) is 10.2 Å². The molecule has 6 heteroatoms. The zero-order valence-corrected chi connectivity index (χ0v) is 13.7. The third-order valence-corrected chi connectivity index (χ3v) is 6.08. The highest BCUT2D eigenvalue weighted by Gasteiger charge is 2.33. The van der Waals surface area contributed by atoms with E-state index >= 15 is 0 Å². The van der Waals surface area contributed by atoms with Crippen molar-refractivity contribution in [1.82, 2.24) is 9.88 Å². The average molecular weight is 333 g/mol. The van der Waals surface area contributed by atoms with Crippen LogP contribution in [0, 0.1) is 17.7 Å². The second-order valence-electron chi connectivity index (χ2n) is 6.60. The Morgan fingerprint density at radius 2 is 2.09 bits per heavy atom. The number of carbonyl (C=O) groups excluding carboxylic acids is 1. The number of urea groups is 1. The van der Waals surface area contributed by atoms with Crippen molar-refractivity contribution in [1.29, 1.82) is 0 Å². The number of halogens is 1. The van der Waals surface area contributed by atoms with Crippen molar-refractivity contribution in [3.05, 3.63) is 24.0 Å². The number of rotatable bonds is 1. The van der Waals surface area contributed by atoms with Crippen molar-refractivity contribution in [2.24, 2.45) is 11.8 Å². The number of hydrogen-bond donors (Lipinski definition) is 1. The fourth-order valence-corrected chi connectivity index (χ4v) is 4.79. The van der Waals surface area contributed by atoms with E-state index in [1.54, 1.807) is 6.07 Å². The molecule has 23 heavy (non-hydrogen) atoms. The molecule has 2 amide bonds. The minimum atomic E-state index is -0.279. The lowest BCUT2D eigenvalue weighted by molar-refractivity contribution is 0.108. The summed E-state index contributed by atoms with van der Waals surface area (Å²) in [4.78, 5) is 18.8. The van der Waals surface area contributed by atoms with Crippen molar-refractivity contribution in [3.8, 4) is 0 Å². The number of nitrogens with one attached hydrogen (secondary N) is 1. The van der Waals surface area contributed by atoms with Crippen LogP contribution in [-0.2, 0) is 0 Å². The standard InChI is InChI=1S/C17H20FN3OS/c18-13-5-6-14-15(9-13)23-16(19-14)20-17(22)21-8-7-11-3-1-2-4-12(11)10-21/h5-6,9,11-12H,1-4,7-8,10H2,(H,19,20,22). The van der Waals surface area contributed by atoms with Gasteiger partial charge in [0, 0.05) is 13.1 Å². The topological polar surface area (TPSA) is 45.2 Å². The Labute approximate surface area is 138 Å². The van der Waals surface area contributed by atoms with E-state index < -0.39 is 0 Å². The number of benzene rings is 1. The van der Waals surface area contributed by atoms with Crippen LogP contribution in [0.2, 0.25) is 0 Å². The van der Waals surface area contributed by atoms with Gasteiger partial charge in [0.1, 0.15) is 5.82 Å². The van der Waals surface area contributed by atoms with Crippen LogP contribution in [-0.4, -0.2) is 29.0 Å². The molecule has 1 aliphatic heterocycles. The molecule has 0 radical (unpaired) electrons. The van der Waals surface area contributed by atoms with Crippen LogP contribution in [0.4, 0.5) is 14.3 Å². The number of aromatic nitrogens is 1. The molecule has 2 atom stereocenters. The second kappa shape index (κ2) is 6.07. The molecule has 0 spiro atoms. The van der Waals surface area contributed by atoms with Gasteiger partial charge < -0.3 is 4.90 Å². The summed E-state index contributed by atoms with van der Waals surface area (Å²) in [6.45, 7) is 1.68. The Bertz CT molecular complexity index is 732. The number of thiazole rings is 1. The van der Waals surface area contributed by atoms with Gasteiger partial charge in [-0.1, -0.05) is 30.6 Å². The third-order valence-electron chi connectivity index (χ3n) is 5.14. The van der Waals surface area contributed by atoms with Crippen LogP contribution < -0.4 is 5.32 Å². The summed E-state index contributed by atoms with van der Waals surface area (Å²) in [6, 6.07) is 4.41. The first-order valence-electron chi connectivity index (χ1n) is 8.31. The minimum absolute atomic E-state index is 0.0754. The zero-order valence-electron chi connectivity index (χ0n) is 12.9. The molecule has 122 valence electrons. The molecule has 2 aliphatic rings. The molecule has 1 aromatic carbocycles. The molecular formula is C17H20FN3OS. The predicted molar refractivity (Wildman–Crippen MR) is 90.2 cm³/mol. The van der Waals surface area contributed by atoms with E-state index in [2.05, 4.69) is 10.3 Å². The number of carbonyl (C=O) groups is 1. The van der Waals surface area contributed by atoms with Crippen molar-refractivity contribution in [3.63, 3.8) is 0 Å². The average Bonchev–Trinajstić information content (AvgIpc) is 2.95. The first kappa shape index (κ1) is 14.9. The highest BCUT2D eigenvalue weighted by atomic mass is 32.1. The van der Waals surface area contributed by atoms with E-state index in [1.807, 2.05) is 4.90 Å². The van der Waals surface area contributed by atoms with Gasteiger partial charge in [0.15, 0.2) is 5.13 Å². The summed E-state index contributed by atoms with van der Waals surface area (Å²) in [5, 5.41) is 3.43. The quantitative estimate of drug-likeness (QED) is 0.836. The molecule has 4 rings (SSSR count). The molecular weight excluding hydrogens is 313 g/mol. The smallest absolute Gasteiger partial charge is 0.323 e. The lowest BCUT2D eigenvalue weighted by Gasteiger charge is -2.41. The van der Waals surface area contributed by atoms with Gasteiger partial charge in [0.2, 0.25) is 0 Å². The number of nitrogens with zero attached hydrogens (tertiary/aromatic N) is 2. The van der Waals surface area contributed by atoms with Crippen molar-refractivity contribution in [2.45, 2.75) is 32.1 Å². The Hall–Kier alpha value is -1.69. The van der Waals surface area contributed by atoms with Crippen LogP contribution in [0.25, 0.3) is 10.2 Å². The molecule has 1 saturated heterocycles. The number of piperidine rings is 1. The SMILES string of the molecule is O=C(Nc1nc2ccc(F)cc2s1)N1CCC2CCCCC2C1. The fourth-order valence-electron chi connectivity index (χ4n) is 3.91. The van der Waals surface area contributed by atoms with Gasteiger partial charge in [-0.2, -0.15) is 0 Å². The van der Waals surface area contributed by atoms with Gasteiger partial charge in [-0.15, -0.1) is 0 Å². The minimum Gasteiger partial charge on any atom is -0.324 e. The van der Waals surface area contributed by atoms with E-state index in [1.165, 1.54) is 49.2 Å². The van der Waals surface area contributed by atoms with E-state index in [0.29, 0.717) is 11.0 Å². The van der Waals surface area contributed by atoms with E-state index in [0.717, 1.165) is 35.6 Å². The van der Waals surface area contributed by atoms with Crippen LogP contribution in [0.5, 0.6) is 0 Å². The highest BCUT2D eigenvalue weighted by molar-refractivity contribution is 7.22. The van der Waals surface area contributed by atoms with Gasteiger partial charge in [0.25, 0.3) is 0 Å². The van der Waals surface area contributed by atoms with Crippen molar-refractivity contribution in [2.75, 3.05) is 18.4 Å². The predicted octanol–water partition coefficient (Wildman–Crippen LogP) is 4.48. The largest absolute Gasteiger partial charge is 0.324 e. The molecule has 2 aromatic rings. The number of amides is 2. The Balaban J connectivity index is 1.44. The fraction of sp³-hybridized carbons (Fsp3) is 0.529. The molecule has 1 aromatic heterocycles. The first-order chi connectivity index (χ1) is 11.2. The number of likely N-dealkylation sites (tertiary alicyclic amines) is 1. The molecule has 2 heterocycles. The second-order valence-corrected chi connectivity index (χ2v) is 7.63. The summed E-state index contributed by atoms with van der Waals surface area (Å²) in [6.07, 6.45) is 6.32. The number of anilines is 1. The van der Waals surface area contributed by atoms with Crippen molar-refractivity contribution < 1.29 is 9.18 Å². The summed E-state index contributed by atoms with van der Waals surface area (Å²) < 4.78 is 14.0. The molecule has 2 unspecified atom stereocenters. The first-order valence-corrected chi connectivity index (χ1v) is 9.13. The monoisotopic (exact) mass is 333 g/mol.